The third kappa shape index (κ3) is 1.58. The van der Waals surface area contributed by atoms with Gasteiger partial charge in [0.2, 0.25) is 0 Å². The summed E-state index contributed by atoms with van der Waals surface area (Å²) in [6, 6.07) is 0. The van der Waals surface area contributed by atoms with Crippen LogP contribution in [0.3, 0.4) is 0 Å². The number of rotatable bonds is 3. The molecule has 2 rings (SSSR count). The highest BCUT2D eigenvalue weighted by atomic mass is 15.0. The third-order valence-electron chi connectivity index (χ3n) is 3.52. The van der Waals surface area contributed by atoms with Gasteiger partial charge in [-0.2, -0.15) is 0 Å². The summed E-state index contributed by atoms with van der Waals surface area (Å²) < 4.78 is 0. The van der Waals surface area contributed by atoms with Gasteiger partial charge in [-0.25, -0.2) is 0 Å². The molecule has 0 spiro atoms. The van der Waals surface area contributed by atoms with Crippen molar-refractivity contribution in [2.45, 2.75) is 45.1 Å². The van der Waals surface area contributed by atoms with Crippen molar-refractivity contribution >= 4 is 0 Å². The summed E-state index contributed by atoms with van der Waals surface area (Å²) in [4.78, 5) is 0. The monoisotopic (exact) mass is 153 g/mol. The van der Waals surface area contributed by atoms with E-state index in [1.165, 1.54) is 32.2 Å². The van der Waals surface area contributed by atoms with Gasteiger partial charge in [-0.15, -0.1) is 0 Å². The standard InChI is InChI=1S/C10H19N/c1-8-6-9(8)7-11-10(2)4-3-5-10/h8-9,11H,3-7H2,1-2H3. The van der Waals surface area contributed by atoms with E-state index < -0.39 is 0 Å². The van der Waals surface area contributed by atoms with Gasteiger partial charge in [0.1, 0.15) is 0 Å². The van der Waals surface area contributed by atoms with E-state index in [0.717, 1.165) is 11.8 Å². The maximum atomic E-state index is 3.69. The molecular formula is C10H19N. The molecule has 1 heteroatoms. The molecule has 2 saturated carbocycles. The molecule has 2 aliphatic carbocycles. The van der Waals surface area contributed by atoms with Crippen LogP contribution >= 0.6 is 0 Å². The van der Waals surface area contributed by atoms with Crippen molar-refractivity contribution in [1.29, 1.82) is 0 Å². The van der Waals surface area contributed by atoms with Crippen LogP contribution in [0.15, 0.2) is 0 Å². The molecule has 0 aromatic heterocycles. The van der Waals surface area contributed by atoms with Crippen molar-refractivity contribution in [1.82, 2.24) is 5.32 Å². The van der Waals surface area contributed by atoms with Gasteiger partial charge in [-0.3, -0.25) is 0 Å². The Morgan fingerprint density at radius 1 is 1.45 bits per heavy atom. The Morgan fingerprint density at radius 2 is 2.09 bits per heavy atom. The molecule has 0 aromatic rings. The van der Waals surface area contributed by atoms with E-state index in [1.54, 1.807) is 0 Å². The maximum Gasteiger partial charge on any atom is 0.0153 e. The van der Waals surface area contributed by atoms with Crippen molar-refractivity contribution in [2.24, 2.45) is 11.8 Å². The summed E-state index contributed by atoms with van der Waals surface area (Å²) in [7, 11) is 0. The smallest absolute Gasteiger partial charge is 0.0153 e. The van der Waals surface area contributed by atoms with E-state index in [2.05, 4.69) is 19.2 Å². The lowest BCUT2D eigenvalue weighted by Crippen LogP contribution is -2.48. The lowest BCUT2D eigenvalue weighted by Gasteiger charge is -2.39. The van der Waals surface area contributed by atoms with Gasteiger partial charge in [0.05, 0.1) is 0 Å². The van der Waals surface area contributed by atoms with Crippen LogP contribution in [0.25, 0.3) is 0 Å². The average Bonchev–Trinajstić information content (AvgIpc) is 2.58. The Hall–Kier alpha value is -0.0400. The Bertz CT molecular complexity index is 149. The molecule has 64 valence electrons. The molecule has 1 N–H and O–H groups in total. The Labute approximate surface area is 69.6 Å². The predicted octanol–water partition coefficient (Wildman–Crippen LogP) is 2.17. The topological polar surface area (TPSA) is 12.0 Å². The maximum absolute atomic E-state index is 3.69. The highest BCUT2D eigenvalue weighted by Gasteiger charge is 2.36. The Balaban J connectivity index is 1.66. The second-order valence-corrected chi connectivity index (χ2v) is 4.77. The van der Waals surface area contributed by atoms with Gasteiger partial charge in [0.25, 0.3) is 0 Å². The first-order chi connectivity index (χ1) is 5.20. The summed E-state index contributed by atoms with van der Waals surface area (Å²) in [5.41, 5.74) is 0.530. The first-order valence-electron chi connectivity index (χ1n) is 4.95. The Morgan fingerprint density at radius 3 is 2.45 bits per heavy atom. The second kappa shape index (κ2) is 2.48. The summed E-state index contributed by atoms with van der Waals surface area (Å²) in [5, 5.41) is 3.69. The molecule has 0 bridgehead atoms. The van der Waals surface area contributed by atoms with E-state index in [-0.39, 0.29) is 0 Å². The first-order valence-corrected chi connectivity index (χ1v) is 4.95. The van der Waals surface area contributed by atoms with Crippen molar-refractivity contribution in [2.75, 3.05) is 6.54 Å². The quantitative estimate of drug-likeness (QED) is 0.655. The van der Waals surface area contributed by atoms with Crippen molar-refractivity contribution in [3.63, 3.8) is 0 Å². The SMILES string of the molecule is CC1CC1CNC1(C)CCC1. The highest BCUT2D eigenvalue weighted by Crippen LogP contribution is 2.38. The van der Waals surface area contributed by atoms with Crippen LogP contribution in [0.2, 0.25) is 0 Å². The van der Waals surface area contributed by atoms with Crippen LogP contribution in [0.4, 0.5) is 0 Å². The average molecular weight is 153 g/mol. The molecule has 0 saturated heterocycles. The van der Waals surface area contributed by atoms with Gasteiger partial charge in [0, 0.05) is 5.54 Å². The Kier molecular flexibility index (Phi) is 1.71. The molecule has 0 aliphatic heterocycles. The van der Waals surface area contributed by atoms with E-state index in [9.17, 15) is 0 Å². The molecule has 0 radical (unpaired) electrons. The molecule has 0 amide bonds. The molecule has 1 nitrogen and oxygen atoms in total. The lowest BCUT2D eigenvalue weighted by molar-refractivity contribution is 0.206. The number of nitrogens with one attached hydrogen (secondary N) is 1. The third-order valence-corrected chi connectivity index (χ3v) is 3.52. The normalized spacial score (nSPS) is 39.8. The fourth-order valence-electron chi connectivity index (χ4n) is 1.94. The number of hydrogen-bond donors (Lipinski definition) is 1. The summed E-state index contributed by atoms with van der Waals surface area (Å²) in [5.74, 6) is 2.01. The molecule has 0 heterocycles. The zero-order valence-corrected chi connectivity index (χ0v) is 7.69. The van der Waals surface area contributed by atoms with Crippen molar-refractivity contribution in [3.8, 4) is 0 Å². The minimum Gasteiger partial charge on any atom is -0.311 e. The highest BCUT2D eigenvalue weighted by molar-refractivity contribution is 4.94. The zero-order chi connectivity index (χ0) is 7.90. The van der Waals surface area contributed by atoms with E-state index in [4.69, 9.17) is 0 Å². The molecule has 2 fully saturated rings. The van der Waals surface area contributed by atoms with Gasteiger partial charge < -0.3 is 5.32 Å². The largest absolute Gasteiger partial charge is 0.311 e. The molecule has 11 heavy (non-hydrogen) atoms. The van der Waals surface area contributed by atoms with Crippen molar-refractivity contribution < 1.29 is 0 Å². The van der Waals surface area contributed by atoms with E-state index in [0.29, 0.717) is 5.54 Å². The molecule has 2 atom stereocenters. The summed E-state index contributed by atoms with van der Waals surface area (Å²) in [6.45, 7) is 6.00. The van der Waals surface area contributed by atoms with Gasteiger partial charge in [0.15, 0.2) is 0 Å². The van der Waals surface area contributed by atoms with Gasteiger partial charge >= 0.3 is 0 Å². The van der Waals surface area contributed by atoms with Crippen LogP contribution < -0.4 is 5.32 Å². The molecule has 2 unspecified atom stereocenters. The first kappa shape index (κ1) is 7.60. The van der Waals surface area contributed by atoms with Crippen LogP contribution in [0, 0.1) is 11.8 Å². The number of hydrogen-bond acceptors (Lipinski definition) is 1. The van der Waals surface area contributed by atoms with Crippen LogP contribution in [-0.4, -0.2) is 12.1 Å². The van der Waals surface area contributed by atoms with Crippen LogP contribution in [0.5, 0.6) is 0 Å². The van der Waals surface area contributed by atoms with Crippen molar-refractivity contribution in [3.05, 3.63) is 0 Å². The predicted molar refractivity (Wildman–Crippen MR) is 47.5 cm³/mol. The van der Waals surface area contributed by atoms with Gasteiger partial charge in [-0.1, -0.05) is 6.92 Å². The zero-order valence-electron chi connectivity index (χ0n) is 7.69. The minimum atomic E-state index is 0.530. The van der Waals surface area contributed by atoms with Gasteiger partial charge in [-0.05, 0) is 51.0 Å². The molecule has 2 aliphatic rings. The van der Waals surface area contributed by atoms with E-state index in [1.807, 2.05) is 0 Å². The molecular weight excluding hydrogens is 134 g/mol. The van der Waals surface area contributed by atoms with Crippen LogP contribution in [0.1, 0.15) is 39.5 Å². The fraction of sp³-hybridized carbons (Fsp3) is 1.00. The van der Waals surface area contributed by atoms with E-state index >= 15 is 0 Å². The summed E-state index contributed by atoms with van der Waals surface area (Å²) >= 11 is 0. The second-order valence-electron chi connectivity index (χ2n) is 4.77. The lowest BCUT2D eigenvalue weighted by atomic mass is 9.78. The van der Waals surface area contributed by atoms with Crippen LogP contribution in [-0.2, 0) is 0 Å². The minimum absolute atomic E-state index is 0.530. The summed E-state index contributed by atoms with van der Waals surface area (Å²) in [6.07, 6.45) is 5.69. The molecule has 0 aromatic carbocycles. The fourth-order valence-corrected chi connectivity index (χ4v) is 1.94.